The Bertz CT molecular complexity index is 668. The average Bonchev–Trinajstić information content (AvgIpc) is 2.88. The molecule has 0 aliphatic rings. The van der Waals surface area contributed by atoms with E-state index in [4.69, 9.17) is 5.11 Å². The number of aliphatic hydroxyl groups is 1. The van der Waals surface area contributed by atoms with Gasteiger partial charge in [-0.05, 0) is 36.8 Å². The third-order valence-corrected chi connectivity index (χ3v) is 3.43. The van der Waals surface area contributed by atoms with E-state index in [1.807, 2.05) is 19.1 Å². The van der Waals surface area contributed by atoms with Crippen molar-refractivity contribution >= 4 is 23.1 Å². The van der Waals surface area contributed by atoms with Crippen molar-refractivity contribution in [3.63, 3.8) is 0 Å². The number of hydrogen-bond donors (Lipinski definition) is 2. The van der Waals surface area contributed by atoms with Gasteiger partial charge in [0.1, 0.15) is 5.82 Å². The maximum absolute atomic E-state index is 12.0. The number of nitrogens with zero attached hydrogens (tertiary/aromatic N) is 1. The summed E-state index contributed by atoms with van der Waals surface area (Å²) in [6.07, 6.45) is 2.10. The number of pyridine rings is 1. The number of aryl methyl sites for hydroxylation is 1. The summed E-state index contributed by atoms with van der Waals surface area (Å²) in [4.78, 5) is 17.5. The lowest BCUT2D eigenvalue weighted by Gasteiger charge is -2.02. The molecule has 0 saturated heterocycles. The smallest absolute Gasteiger partial charge is 0.266 e. The van der Waals surface area contributed by atoms with Gasteiger partial charge in [0.15, 0.2) is 0 Å². The molecule has 2 rings (SSSR count). The van der Waals surface area contributed by atoms with Crippen LogP contribution in [-0.4, -0.2) is 22.6 Å². The molecule has 0 bridgehead atoms. The van der Waals surface area contributed by atoms with Crippen molar-refractivity contribution in [1.82, 2.24) is 4.98 Å². The van der Waals surface area contributed by atoms with Crippen LogP contribution in [0.2, 0.25) is 0 Å². The minimum absolute atomic E-state index is 0.0464. The first-order valence-electron chi connectivity index (χ1n) is 6.12. The van der Waals surface area contributed by atoms with Crippen molar-refractivity contribution in [2.75, 3.05) is 11.9 Å². The largest absolute Gasteiger partial charge is 0.395 e. The van der Waals surface area contributed by atoms with E-state index in [2.05, 4.69) is 22.1 Å². The fourth-order valence-corrected chi connectivity index (χ4v) is 2.29. The lowest BCUT2D eigenvalue weighted by Crippen LogP contribution is -2.11. The van der Waals surface area contributed by atoms with Crippen molar-refractivity contribution < 1.29 is 9.90 Å². The summed E-state index contributed by atoms with van der Waals surface area (Å²) in [6.45, 7) is 1.99. The van der Waals surface area contributed by atoms with Crippen molar-refractivity contribution in [1.29, 1.82) is 0 Å². The second kappa shape index (κ2) is 6.85. The number of thiophene rings is 1. The van der Waals surface area contributed by atoms with Crippen LogP contribution < -0.4 is 5.32 Å². The Kier molecular flexibility index (Phi) is 4.88. The number of nitrogens with one attached hydrogen (secondary N) is 1. The lowest BCUT2D eigenvalue weighted by molar-refractivity contribution is 0.103. The fraction of sp³-hybridized carbons (Fsp3) is 0.200. The van der Waals surface area contributed by atoms with E-state index >= 15 is 0 Å². The van der Waals surface area contributed by atoms with Crippen LogP contribution in [-0.2, 0) is 0 Å². The highest BCUT2D eigenvalue weighted by atomic mass is 32.1. The first kappa shape index (κ1) is 14.3. The fourth-order valence-electron chi connectivity index (χ4n) is 1.52. The van der Waals surface area contributed by atoms with E-state index in [9.17, 15) is 4.79 Å². The van der Waals surface area contributed by atoms with Crippen LogP contribution in [0.3, 0.4) is 0 Å². The molecule has 0 fully saturated rings. The summed E-state index contributed by atoms with van der Waals surface area (Å²) in [7, 11) is 0. The summed E-state index contributed by atoms with van der Waals surface area (Å²) >= 11 is 1.32. The van der Waals surface area contributed by atoms with Crippen LogP contribution in [0.15, 0.2) is 30.5 Å². The Morgan fingerprint density at radius 3 is 3.05 bits per heavy atom. The van der Waals surface area contributed by atoms with E-state index < -0.39 is 0 Å². The minimum Gasteiger partial charge on any atom is -0.395 e. The number of aliphatic hydroxyl groups excluding tert-OH is 1. The Morgan fingerprint density at radius 2 is 2.30 bits per heavy atom. The summed E-state index contributed by atoms with van der Waals surface area (Å²) < 4.78 is 0. The van der Waals surface area contributed by atoms with Crippen molar-refractivity contribution in [2.24, 2.45) is 0 Å². The minimum atomic E-state index is -0.191. The van der Waals surface area contributed by atoms with E-state index in [0.29, 0.717) is 17.1 Å². The number of rotatable bonds is 3. The van der Waals surface area contributed by atoms with Crippen LogP contribution in [0.5, 0.6) is 0 Å². The van der Waals surface area contributed by atoms with Gasteiger partial charge in [0.25, 0.3) is 5.91 Å². The zero-order chi connectivity index (χ0) is 14.4. The van der Waals surface area contributed by atoms with Gasteiger partial charge in [0.05, 0.1) is 16.4 Å². The number of carbonyl (C=O) groups excluding carboxylic acids is 1. The molecular weight excluding hydrogens is 272 g/mol. The van der Waals surface area contributed by atoms with Crippen molar-refractivity contribution in [3.05, 3.63) is 45.8 Å². The van der Waals surface area contributed by atoms with Crippen LogP contribution in [0.4, 0.5) is 5.82 Å². The molecule has 20 heavy (non-hydrogen) atoms. The van der Waals surface area contributed by atoms with E-state index in [1.54, 1.807) is 18.3 Å². The molecule has 0 atom stereocenters. The maximum atomic E-state index is 12.0. The second-order valence-corrected chi connectivity index (χ2v) is 5.20. The molecule has 0 aliphatic heterocycles. The molecule has 0 saturated carbocycles. The molecule has 4 nitrogen and oxygen atoms in total. The predicted octanol–water partition coefficient (Wildman–Crippen LogP) is 2.44. The van der Waals surface area contributed by atoms with Gasteiger partial charge in [-0.2, -0.15) is 0 Å². The molecule has 2 aromatic rings. The Balaban J connectivity index is 2.05. The van der Waals surface area contributed by atoms with Gasteiger partial charge in [0, 0.05) is 12.6 Å². The molecule has 2 aromatic heterocycles. The van der Waals surface area contributed by atoms with Crippen molar-refractivity contribution in [2.45, 2.75) is 13.3 Å². The van der Waals surface area contributed by atoms with Crippen LogP contribution >= 0.6 is 11.3 Å². The number of hydrogen-bond acceptors (Lipinski definition) is 4. The SMILES string of the molecule is Cc1ccnc(NC(=O)c2ccc(C#CCCO)s2)c1. The summed E-state index contributed by atoms with van der Waals surface area (Å²) in [6, 6.07) is 7.22. The Labute approximate surface area is 121 Å². The highest BCUT2D eigenvalue weighted by molar-refractivity contribution is 7.14. The number of aromatic nitrogens is 1. The van der Waals surface area contributed by atoms with Gasteiger partial charge < -0.3 is 10.4 Å². The van der Waals surface area contributed by atoms with Gasteiger partial charge >= 0.3 is 0 Å². The zero-order valence-corrected chi connectivity index (χ0v) is 11.8. The first-order valence-corrected chi connectivity index (χ1v) is 6.94. The third kappa shape index (κ3) is 3.92. The topological polar surface area (TPSA) is 62.2 Å². The van der Waals surface area contributed by atoms with Crippen LogP contribution in [0, 0.1) is 18.8 Å². The molecule has 2 heterocycles. The normalized spacial score (nSPS) is 9.70. The van der Waals surface area contributed by atoms with E-state index in [-0.39, 0.29) is 12.5 Å². The number of anilines is 1. The molecule has 0 spiro atoms. The van der Waals surface area contributed by atoms with Gasteiger partial charge in [-0.1, -0.05) is 11.8 Å². The Hall–Kier alpha value is -2.16. The predicted molar refractivity (Wildman–Crippen MR) is 79.8 cm³/mol. The number of amides is 1. The Morgan fingerprint density at radius 1 is 1.45 bits per heavy atom. The molecule has 5 heteroatoms. The van der Waals surface area contributed by atoms with Crippen LogP contribution in [0.25, 0.3) is 0 Å². The van der Waals surface area contributed by atoms with Gasteiger partial charge in [-0.3, -0.25) is 4.79 Å². The van der Waals surface area contributed by atoms with E-state index in [1.165, 1.54) is 11.3 Å². The molecule has 0 radical (unpaired) electrons. The molecule has 0 aromatic carbocycles. The second-order valence-electron chi connectivity index (χ2n) is 4.11. The quantitative estimate of drug-likeness (QED) is 0.852. The summed E-state index contributed by atoms with van der Waals surface area (Å²) in [5.74, 6) is 6.08. The molecule has 102 valence electrons. The van der Waals surface area contributed by atoms with Gasteiger partial charge in [-0.25, -0.2) is 4.98 Å². The molecule has 2 N–H and O–H groups in total. The lowest BCUT2D eigenvalue weighted by atomic mass is 10.3. The summed E-state index contributed by atoms with van der Waals surface area (Å²) in [5, 5.41) is 11.4. The standard InChI is InChI=1S/C15H14N2O2S/c1-11-7-8-16-14(10-11)17-15(19)13-6-5-12(20-13)4-2-3-9-18/h5-8,10,18H,3,9H2,1H3,(H,16,17,19). The van der Waals surface area contributed by atoms with E-state index in [0.717, 1.165) is 10.4 Å². The molecule has 0 aliphatic carbocycles. The highest BCUT2D eigenvalue weighted by Gasteiger charge is 2.09. The monoisotopic (exact) mass is 286 g/mol. The number of carbonyl (C=O) groups is 1. The van der Waals surface area contributed by atoms with Crippen molar-refractivity contribution in [3.8, 4) is 11.8 Å². The zero-order valence-electron chi connectivity index (χ0n) is 11.0. The summed E-state index contributed by atoms with van der Waals surface area (Å²) in [5.41, 5.74) is 1.04. The molecule has 1 amide bonds. The third-order valence-electron chi connectivity index (χ3n) is 2.44. The average molecular weight is 286 g/mol. The van der Waals surface area contributed by atoms with Gasteiger partial charge in [-0.15, -0.1) is 11.3 Å². The maximum Gasteiger partial charge on any atom is 0.266 e. The molecule has 0 unspecified atom stereocenters. The highest BCUT2D eigenvalue weighted by Crippen LogP contribution is 2.17. The molecular formula is C15H14N2O2S. The first-order chi connectivity index (χ1) is 9.69. The van der Waals surface area contributed by atoms with Crippen LogP contribution in [0.1, 0.15) is 26.5 Å². The van der Waals surface area contributed by atoms with Gasteiger partial charge in [0.2, 0.25) is 0 Å².